The molecule has 1 fully saturated rings. The molecule has 0 bridgehead atoms. The molecule has 3 N–H and O–H groups in total. The highest BCUT2D eigenvalue weighted by Gasteiger charge is 2.18. The third-order valence-electron chi connectivity index (χ3n) is 3.33. The molecule has 1 aromatic rings. The number of piperazine rings is 1. The maximum Gasteiger partial charge on any atom is 0.313 e. The van der Waals surface area contributed by atoms with Crippen LogP contribution in [0.4, 0.5) is 14.5 Å². The Hall–Kier alpha value is -2.06. The second kappa shape index (κ2) is 7.81. The van der Waals surface area contributed by atoms with E-state index in [1.807, 2.05) is 5.32 Å². The van der Waals surface area contributed by atoms with Crippen molar-refractivity contribution in [2.75, 3.05) is 44.6 Å². The molecule has 6 nitrogen and oxygen atoms in total. The number of halogens is 2. The largest absolute Gasteiger partial charge is 0.347 e. The van der Waals surface area contributed by atoms with Gasteiger partial charge in [0.1, 0.15) is 17.3 Å². The molecule has 0 spiro atoms. The van der Waals surface area contributed by atoms with Crippen LogP contribution in [0.3, 0.4) is 0 Å². The van der Waals surface area contributed by atoms with Gasteiger partial charge in [-0.2, -0.15) is 0 Å². The van der Waals surface area contributed by atoms with Gasteiger partial charge in [-0.15, -0.1) is 0 Å². The van der Waals surface area contributed by atoms with Gasteiger partial charge >= 0.3 is 11.8 Å². The maximum atomic E-state index is 13.4. The number of nitrogens with one attached hydrogen (secondary N) is 3. The Balaban J connectivity index is 1.78. The molecule has 1 heterocycles. The van der Waals surface area contributed by atoms with Gasteiger partial charge in [-0.05, 0) is 12.1 Å². The third kappa shape index (κ3) is 4.47. The molecule has 1 aliphatic rings. The number of carbonyl (C=O) groups excluding carboxylic acids is 2. The summed E-state index contributed by atoms with van der Waals surface area (Å²) in [5.41, 5.74) is -0.621. The molecule has 0 saturated carbocycles. The minimum absolute atomic E-state index is 0.298. The average Bonchev–Trinajstić information content (AvgIpc) is 2.52. The molecule has 120 valence electrons. The number of rotatable bonds is 4. The first kappa shape index (κ1) is 16.3. The molecule has 8 heteroatoms. The van der Waals surface area contributed by atoms with Gasteiger partial charge in [-0.25, -0.2) is 8.78 Å². The fourth-order valence-electron chi connectivity index (χ4n) is 2.13. The van der Waals surface area contributed by atoms with Gasteiger partial charge in [0.2, 0.25) is 0 Å². The molecule has 0 unspecified atom stereocenters. The molecule has 2 amide bonds. The quantitative estimate of drug-likeness (QED) is 0.680. The zero-order chi connectivity index (χ0) is 15.9. The van der Waals surface area contributed by atoms with E-state index in [0.29, 0.717) is 13.1 Å². The second-order valence-electron chi connectivity index (χ2n) is 4.90. The van der Waals surface area contributed by atoms with E-state index >= 15 is 0 Å². The van der Waals surface area contributed by atoms with Crippen molar-refractivity contribution in [1.29, 1.82) is 0 Å². The van der Waals surface area contributed by atoms with E-state index in [-0.39, 0.29) is 0 Å². The van der Waals surface area contributed by atoms with Gasteiger partial charge in [0.15, 0.2) is 0 Å². The van der Waals surface area contributed by atoms with E-state index in [1.165, 1.54) is 6.07 Å². The number of anilines is 1. The van der Waals surface area contributed by atoms with E-state index < -0.39 is 29.1 Å². The lowest BCUT2D eigenvalue weighted by molar-refractivity contribution is -0.136. The Kier molecular flexibility index (Phi) is 5.79. The van der Waals surface area contributed by atoms with E-state index in [4.69, 9.17) is 0 Å². The Labute approximate surface area is 126 Å². The summed E-state index contributed by atoms with van der Waals surface area (Å²) in [5, 5.41) is 7.58. The van der Waals surface area contributed by atoms with E-state index in [0.717, 1.165) is 38.3 Å². The van der Waals surface area contributed by atoms with Crippen molar-refractivity contribution < 1.29 is 18.4 Å². The predicted molar refractivity (Wildman–Crippen MR) is 77.3 cm³/mol. The van der Waals surface area contributed by atoms with Crippen molar-refractivity contribution in [1.82, 2.24) is 15.5 Å². The zero-order valence-electron chi connectivity index (χ0n) is 12.0. The highest BCUT2D eigenvalue weighted by molar-refractivity contribution is 6.39. The van der Waals surface area contributed by atoms with Crippen LogP contribution in [0.1, 0.15) is 0 Å². The SMILES string of the molecule is O=C(NCCN1CCNCC1)C(=O)Nc1c(F)cccc1F. The number of nitrogens with zero attached hydrogens (tertiary/aromatic N) is 1. The molecule has 22 heavy (non-hydrogen) atoms. The van der Waals surface area contributed by atoms with Gasteiger partial charge in [-0.1, -0.05) is 6.07 Å². The van der Waals surface area contributed by atoms with Crippen LogP contribution in [0.25, 0.3) is 0 Å². The van der Waals surface area contributed by atoms with Gasteiger partial charge in [-0.3, -0.25) is 14.5 Å². The first-order valence-electron chi connectivity index (χ1n) is 7.04. The van der Waals surface area contributed by atoms with Crippen LogP contribution in [-0.4, -0.2) is 56.0 Å². The summed E-state index contributed by atoms with van der Waals surface area (Å²) in [6, 6.07) is 3.18. The van der Waals surface area contributed by atoms with Crippen LogP contribution in [0.2, 0.25) is 0 Å². The van der Waals surface area contributed by atoms with Crippen molar-refractivity contribution in [3.8, 4) is 0 Å². The zero-order valence-corrected chi connectivity index (χ0v) is 12.0. The highest BCUT2D eigenvalue weighted by atomic mass is 19.1. The van der Waals surface area contributed by atoms with Crippen molar-refractivity contribution >= 4 is 17.5 Å². The van der Waals surface area contributed by atoms with Crippen LogP contribution in [-0.2, 0) is 9.59 Å². The molecule has 0 aliphatic carbocycles. The minimum Gasteiger partial charge on any atom is -0.347 e. The summed E-state index contributed by atoms with van der Waals surface area (Å²) in [6.07, 6.45) is 0. The van der Waals surface area contributed by atoms with Gasteiger partial charge in [0.25, 0.3) is 0 Å². The lowest BCUT2D eigenvalue weighted by atomic mass is 10.3. The lowest BCUT2D eigenvalue weighted by Gasteiger charge is -2.26. The maximum absolute atomic E-state index is 13.4. The monoisotopic (exact) mass is 312 g/mol. The first-order chi connectivity index (χ1) is 10.6. The summed E-state index contributed by atoms with van der Waals surface area (Å²) >= 11 is 0. The van der Waals surface area contributed by atoms with Gasteiger partial charge in [0.05, 0.1) is 0 Å². The van der Waals surface area contributed by atoms with E-state index in [9.17, 15) is 18.4 Å². The molecule has 0 atom stereocenters. The van der Waals surface area contributed by atoms with E-state index in [1.54, 1.807) is 0 Å². The number of para-hydroxylation sites is 1. The Morgan fingerprint density at radius 3 is 2.41 bits per heavy atom. The normalized spacial score (nSPS) is 15.4. The second-order valence-corrected chi connectivity index (χ2v) is 4.90. The topological polar surface area (TPSA) is 73.5 Å². The first-order valence-corrected chi connectivity index (χ1v) is 7.04. The summed E-state index contributed by atoms with van der Waals surface area (Å²) in [7, 11) is 0. The molecule has 1 saturated heterocycles. The van der Waals surface area contributed by atoms with Crippen LogP contribution < -0.4 is 16.0 Å². The third-order valence-corrected chi connectivity index (χ3v) is 3.33. The number of hydrogen-bond acceptors (Lipinski definition) is 4. The van der Waals surface area contributed by atoms with Crippen LogP contribution in [0.15, 0.2) is 18.2 Å². The summed E-state index contributed by atoms with van der Waals surface area (Å²) in [4.78, 5) is 25.4. The Morgan fingerprint density at radius 2 is 1.77 bits per heavy atom. The average molecular weight is 312 g/mol. The van der Waals surface area contributed by atoms with E-state index in [2.05, 4.69) is 15.5 Å². The van der Waals surface area contributed by atoms with Crippen molar-refractivity contribution in [2.24, 2.45) is 0 Å². The number of hydrogen-bond donors (Lipinski definition) is 3. The molecule has 0 radical (unpaired) electrons. The predicted octanol–water partition coefficient (Wildman–Crippen LogP) is -0.0753. The number of amides is 2. The van der Waals surface area contributed by atoms with Crippen molar-refractivity contribution in [2.45, 2.75) is 0 Å². The molecular weight excluding hydrogens is 294 g/mol. The minimum atomic E-state index is -1.09. The molecule has 0 aromatic heterocycles. The van der Waals surface area contributed by atoms with Crippen molar-refractivity contribution in [3.63, 3.8) is 0 Å². The molecule has 2 rings (SSSR count). The smallest absolute Gasteiger partial charge is 0.313 e. The lowest BCUT2D eigenvalue weighted by Crippen LogP contribution is -2.47. The van der Waals surface area contributed by atoms with Crippen molar-refractivity contribution in [3.05, 3.63) is 29.8 Å². The van der Waals surface area contributed by atoms with Gasteiger partial charge < -0.3 is 16.0 Å². The number of carbonyl (C=O) groups is 2. The fourth-order valence-corrected chi connectivity index (χ4v) is 2.13. The summed E-state index contributed by atoms with van der Waals surface area (Å²) < 4.78 is 26.7. The Morgan fingerprint density at radius 1 is 1.14 bits per heavy atom. The summed E-state index contributed by atoms with van der Waals surface area (Å²) in [6.45, 7) is 4.45. The van der Waals surface area contributed by atoms with Crippen LogP contribution in [0.5, 0.6) is 0 Å². The van der Waals surface area contributed by atoms with Gasteiger partial charge in [0, 0.05) is 39.3 Å². The number of benzene rings is 1. The molecule has 1 aromatic carbocycles. The fraction of sp³-hybridized carbons (Fsp3) is 0.429. The Bertz CT molecular complexity index is 527. The summed E-state index contributed by atoms with van der Waals surface area (Å²) in [5.74, 6) is -3.87. The van der Waals surface area contributed by atoms with Crippen LogP contribution in [0, 0.1) is 11.6 Å². The highest BCUT2D eigenvalue weighted by Crippen LogP contribution is 2.17. The van der Waals surface area contributed by atoms with Crippen LogP contribution >= 0.6 is 0 Å². The standard InChI is InChI=1S/C14H18F2N4O2/c15-10-2-1-3-11(16)12(10)19-14(22)13(21)18-6-9-20-7-4-17-5-8-20/h1-3,17H,4-9H2,(H,18,21)(H,19,22). The molecule has 1 aliphatic heterocycles. The molecular formula is C14H18F2N4O2.